The topological polar surface area (TPSA) is 86.4 Å². The quantitative estimate of drug-likeness (QED) is 0.856. The molecule has 1 saturated heterocycles. The van der Waals surface area contributed by atoms with Gasteiger partial charge in [0.1, 0.15) is 6.10 Å². The number of aromatic nitrogens is 4. The molecule has 2 aliphatic heterocycles. The van der Waals surface area contributed by atoms with Crippen LogP contribution in [0.1, 0.15) is 32.2 Å². The molecule has 2 aliphatic rings. The van der Waals surface area contributed by atoms with E-state index in [0.717, 1.165) is 11.4 Å². The summed E-state index contributed by atoms with van der Waals surface area (Å²) in [5, 5.41) is 11.9. The lowest BCUT2D eigenvalue weighted by atomic mass is 9.92. The fourth-order valence-corrected chi connectivity index (χ4v) is 3.48. The highest BCUT2D eigenvalue weighted by Gasteiger charge is 2.34. The minimum Gasteiger partial charge on any atom is -0.482 e. The lowest BCUT2D eigenvalue weighted by molar-refractivity contribution is 0.137. The molecule has 0 spiro atoms. The SMILES string of the molecule is Cn1cc(O[C@@H]2COC[C@@H]2NC(=O)N2CCn3nc(C(C)(C)C)cc3C2)cn1. The fourth-order valence-electron chi connectivity index (χ4n) is 3.48. The number of aryl methyl sites for hydroxylation is 1. The number of urea groups is 1. The van der Waals surface area contributed by atoms with E-state index < -0.39 is 0 Å². The highest BCUT2D eigenvalue weighted by atomic mass is 16.5. The van der Waals surface area contributed by atoms with E-state index in [4.69, 9.17) is 14.6 Å². The van der Waals surface area contributed by atoms with Crippen molar-refractivity contribution in [1.82, 2.24) is 29.8 Å². The van der Waals surface area contributed by atoms with Gasteiger partial charge in [0.15, 0.2) is 5.75 Å². The second-order valence-corrected chi connectivity index (χ2v) is 8.52. The number of hydrogen-bond acceptors (Lipinski definition) is 5. The van der Waals surface area contributed by atoms with Gasteiger partial charge in [-0.1, -0.05) is 20.8 Å². The molecule has 4 heterocycles. The summed E-state index contributed by atoms with van der Waals surface area (Å²) in [5.74, 6) is 0.675. The van der Waals surface area contributed by atoms with Crippen LogP contribution < -0.4 is 10.1 Å². The van der Waals surface area contributed by atoms with E-state index in [9.17, 15) is 4.79 Å². The van der Waals surface area contributed by atoms with Crippen LogP contribution in [0.25, 0.3) is 0 Å². The summed E-state index contributed by atoms with van der Waals surface area (Å²) >= 11 is 0. The second-order valence-electron chi connectivity index (χ2n) is 8.52. The Morgan fingerprint density at radius 3 is 2.86 bits per heavy atom. The van der Waals surface area contributed by atoms with Crippen molar-refractivity contribution >= 4 is 6.03 Å². The third-order valence-electron chi connectivity index (χ3n) is 5.16. The van der Waals surface area contributed by atoms with Gasteiger partial charge in [0.2, 0.25) is 0 Å². The lowest BCUT2D eigenvalue weighted by Gasteiger charge is -2.30. The Morgan fingerprint density at radius 1 is 1.32 bits per heavy atom. The summed E-state index contributed by atoms with van der Waals surface area (Å²) in [6.07, 6.45) is 3.24. The highest BCUT2D eigenvalue weighted by Crippen LogP contribution is 2.24. The predicted octanol–water partition coefficient (Wildman–Crippen LogP) is 1.29. The largest absolute Gasteiger partial charge is 0.482 e. The molecule has 2 atom stereocenters. The van der Waals surface area contributed by atoms with Crippen molar-refractivity contribution in [2.45, 2.75) is 51.4 Å². The molecule has 0 radical (unpaired) electrons. The van der Waals surface area contributed by atoms with Crippen LogP contribution in [0.3, 0.4) is 0 Å². The van der Waals surface area contributed by atoms with Crippen LogP contribution in [0.15, 0.2) is 18.5 Å². The van der Waals surface area contributed by atoms with Crippen LogP contribution in [0.2, 0.25) is 0 Å². The molecule has 2 amide bonds. The van der Waals surface area contributed by atoms with Crippen LogP contribution in [0, 0.1) is 0 Å². The second kappa shape index (κ2) is 7.12. The van der Waals surface area contributed by atoms with Crippen molar-refractivity contribution in [3.8, 4) is 5.75 Å². The Labute approximate surface area is 164 Å². The first kappa shape index (κ1) is 18.8. The molecule has 28 heavy (non-hydrogen) atoms. The first-order valence-corrected chi connectivity index (χ1v) is 9.65. The van der Waals surface area contributed by atoms with Crippen LogP contribution in [0.4, 0.5) is 4.79 Å². The first-order valence-electron chi connectivity index (χ1n) is 9.65. The van der Waals surface area contributed by atoms with Gasteiger partial charge in [-0.05, 0) is 6.07 Å². The molecule has 152 valence electrons. The van der Waals surface area contributed by atoms with Gasteiger partial charge in [-0.15, -0.1) is 0 Å². The van der Waals surface area contributed by atoms with E-state index >= 15 is 0 Å². The molecule has 2 aromatic heterocycles. The Bertz CT molecular complexity index is 852. The van der Waals surface area contributed by atoms with Crippen molar-refractivity contribution in [3.63, 3.8) is 0 Å². The minimum absolute atomic E-state index is 0.00449. The Kier molecular flexibility index (Phi) is 4.78. The molecule has 9 nitrogen and oxygen atoms in total. The van der Waals surface area contributed by atoms with E-state index in [1.807, 2.05) is 16.6 Å². The third kappa shape index (κ3) is 3.84. The molecular formula is C19H28N6O3. The van der Waals surface area contributed by atoms with E-state index in [1.54, 1.807) is 17.1 Å². The zero-order chi connectivity index (χ0) is 19.9. The van der Waals surface area contributed by atoms with Gasteiger partial charge in [-0.25, -0.2) is 4.79 Å². The summed E-state index contributed by atoms with van der Waals surface area (Å²) in [6.45, 7) is 9.22. The number of amides is 2. The average Bonchev–Trinajstić information content (AvgIpc) is 3.34. The summed E-state index contributed by atoms with van der Waals surface area (Å²) in [7, 11) is 1.84. The molecule has 2 aromatic rings. The van der Waals surface area contributed by atoms with Crippen LogP contribution in [-0.2, 0) is 30.3 Å². The molecule has 0 bridgehead atoms. The van der Waals surface area contributed by atoms with Crippen molar-refractivity contribution in [1.29, 1.82) is 0 Å². The molecule has 0 unspecified atom stereocenters. The number of ether oxygens (including phenoxy) is 2. The molecule has 0 aliphatic carbocycles. The Hall–Kier alpha value is -2.55. The standard InChI is InChI=1S/C19H28N6O3/c1-19(2,3)17-7-13-9-24(5-6-25(13)22-17)18(26)21-15-11-27-12-16(15)28-14-8-20-23(4)10-14/h7-8,10,15-16H,5-6,9,11-12H2,1-4H3,(H,21,26)/t15-,16+/m0/s1. The summed E-state index contributed by atoms with van der Waals surface area (Å²) in [6, 6.07) is 1.82. The molecule has 1 fully saturated rings. The summed E-state index contributed by atoms with van der Waals surface area (Å²) in [5.41, 5.74) is 2.12. The third-order valence-corrected chi connectivity index (χ3v) is 5.16. The molecule has 0 saturated carbocycles. The number of fused-ring (bicyclic) bond motifs is 1. The van der Waals surface area contributed by atoms with Crippen LogP contribution in [-0.4, -0.2) is 62.4 Å². The van der Waals surface area contributed by atoms with Crippen molar-refractivity contribution in [3.05, 3.63) is 29.8 Å². The minimum atomic E-state index is -0.226. The smallest absolute Gasteiger partial charge is 0.318 e. The molecular weight excluding hydrogens is 360 g/mol. The van der Waals surface area contributed by atoms with Crippen LogP contribution >= 0.6 is 0 Å². The molecule has 1 N–H and O–H groups in total. The maximum Gasteiger partial charge on any atom is 0.318 e. The van der Waals surface area contributed by atoms with Crippen molar-refractivity contribution < 1.29 is 14.3 Å². The van der Waals surface area contributed by atoms with Crippen LogP contribution in [0.5, 0.6) is 5.75 Å². The van der Waals surface area contributed by atoms with Gasteiger partial charge in [-0.2, -0.15) is 10.2 Å². The number of hydrogen-bond donors (Lipinski definition) is 1. The number of carbonyl (C=O) groups is 1. The van der Waals surface area contributed by atoms with E-state index in [-0.39, 0.29) is 23.6 Å². The fraction of sp³-hybridized carbons (Fsp3) is 0.632. The maximum absolute atomic E-state index is 12.8. The van der Waals surface area contributed by atoms with Gasteiger partial charge < -0.3 is 19.7 Å². The predicted molar refractivity (Wildman–Crippen MR) is 102 cm³/mol. The monoisotopic (exact) mass is 388 g/mol. The Morgan fingerprint density at radius 2 is 2.14 bits per heavy atom. The van der Waals surface area contributed by atoms with Crippen molar-refractivity contribution in [2.75, 3.05) is 19.8 Å². The Balaban J connectivity index is 1.37. The number of nitrogens with zero attached hydrogens (tertiary/aromatic N) is 5. The first-order chi connectivity index (χ1) is 13.3. The molecule has 4 rings (SSSR count). The van der Waals surface area contributed by atoms with E-state index in [2.05, 4.69) is 37.3 Å². The van der Waals surface area contributed by atoms with E-state index in [0.29, 0.717) is 38.6 Å². The average molecular weight is 388 g/mol. The van der Waals surface area contributed by atoms with Crippen molar-refractivity contribution in [2.24, 2.45) is 7.05 Å². The summed E-state index contributed by atoms with van der Waals surface area (Å²) < 4.78 is 15.2. The maximum atomic E-state index is 12.8. The van der Waals surface area contributed by atoms with E-state index in [1.165, 1.54) is 0 Å². The van der Waals surface area contributed by atoms with Gasteiger partial charge in [0.05, 0.1) is 56.1 Å². The number of rotatable bonds is 3. The van der Waals surface area contributed by atoms with Gasteiger partial charge in [0, 0.05) is 19.0 Å². The highest BCUT2D eigenvalue weighted by molar-refractivity contribution is 5.74. The number of carbonyl (C=O) groups excluding carboxylic acids is 1. The van der Waals surface area contributed by atoms with Gasteiger partial charge >= 0.3 is 6.03 Å². The normalized spacial score (nSPS) is 22.2. The lowest BCUT2D eigenvalue weighted by Crippen LogP contribution is -2.51. The molecule has 0 aromatic carbocycles. The summed E-state index contributed by atoms with van der Waals surface area (Å²) in [4.78, 5) is 14.6. The van der Waals surface area contributed by atoms with Gasteiger partial charge in [0.25, 0.3) is 0 Å². The number of nitrogens with one attached hydrogen (secondary N) is 1. The molecule has 9 heteroatoms. The zero-order valence-corrected chi connectivity index (χ0v) is 16.9. The zero-order valence-electron chi connectivity index (χ0n) is 16.9. The van der Waals surface area contributed by atoms with Gasteiger partial charge in [-0.3, -0.25) is 9.36 Å².